The van der Waals surface area contributed by atoms with Crippen LogP contribution < -0.4 is 4.72 Å². The summed E-state index contributed by atoms with van der Waals surface area (Å²) in [6, 6.07) is 9.40. The van der Waals surface area contributed by atoms with Crippen molar-refractivity contribution in [3.63, 3.8) is 0 Å². The van der Waals surface area contributed by atoms with Crippen molar-refractivity contribution in [2.75, 3.05) is 0 Å². The third-order valence-electron chi connectivity index (χ3n) is 3.25. The molecule has 0 aromatic heterocycles. The van der Waals surface area contributed by atoms with Gasteiger partial charge < -0.3 is 0 Å². The van der Waals surface area contributed by atoms with E-state index in [9.17, 15) is 17.6 Å². The van der Waals surface area contributed by atoms with Crippen molar-refractivity contribution < 1.29 is 17.6 Å². The van der Waals surface area contributed by atoms with Crippen LogP contribution in [0.5, 0.6) is 0 Å². The van der Waals surface area contributed by atoms with Crippen LogP contribution in [0.2, 0.25) is 0 Å². The maximum absolute atomic E-state index is 13.6. The van der Waals surface area contributed by atoms with Gasteiger partial charge in [0.1, 0.15) is 5.82 Å². The minimum Gasteiger partial charge on any atom is -0.274 e. The molecule has 2 aromatic rings. The summed E-state index contributed by atoms with van der Waals surface area (Å²) in [4.78, 5) is 11.8. The maximum atomic E-state index is 13.6. The maximum Gasteiger partial charge on any atom is 0.264 e. The van der Waals surface area contributed by atoms with Gasteiger partial charge in [0.2, 0.25) is 5.91 Å². The number of nitrogens with one attached hydrogen (secondary N) is 1. The lowest BCUT2D eigenvalue weighted by Crippen LogP contribution is -2.32. The molecule has 0 atom stereocenters. The summed E-state index contributed by atoms with van der Waals surface area (Å²) >= 11 is 3.28. The van der Waals surface area contributed by atoms with Crippen LogP contribution in [-0.4, -0.2) is 14.3 Å². The number of rotatable bonds is 4. The second kappa shape index (κ2) is 6.80. The van der Waals surface area contributed by atoms with Crippen LogP contribution in [0.4, 0.5) is 4.39 Å². The molecular weight excluding hydrogens is 385 g/mol. The minimum atomic E-state index is -4.03. The van der Waals surface area contributed by atoms with Crippen molar-refractivity contribution in [1.82, 2.24) is 4.72 Å². The molecule has 0 aliphatic carbocycles. The van der Waals surface area contributed by atoms with Crippen LogP contribution in [0.15, 0.2) is 45.8 Å². The molecule has 0 aliphatic heterocycles. The van der Waals surface area contributed by atoms with Gasteiger partial charge in [-0.2, -0.15) is 0 Å². The van der Waals surface area contributed by atoms with Crippen LogP contribution >= 0.6 is 15.9 Å². The summed E-state index contributed by atoms with van der Waals surface area (Å²) in [7, 11) is -4.03. The number of hydrogen-bond donors (Lipinski definition) is 1. The predicted octanol–water partition coefficient (Wildman–Crippen LogP) is 3.25. The molecule has 0 unspecified atom stereocenters. The number of sulfonamides is 1. The van der Waals surface area contributed by atoms with Crippen molar-refractivity contribution >= 4 is 31.9 Å². The molecule has 1 N–H and O–H groups in total. The van der Waals surface area contributed by atoms with E-state index < -0.39 is 21.7 Å². The second-order valence-electron chi connectivity index (χ2n) is 5.20. The van der Waals surface area contributed by atoms with Crippen molar-refractivity contribution in [1.29, 1.82) is 0 Å². The van der Waals surface area contributed by atoms with Crippen LogP contribution in [0.1, 0.15) is 16.7 Å². The van der Waals surface area contributed by atoms with Gasteiger partial charge in [-0.15, -0.1) is 0 Å². The van der Waals surface area contributed by atoms with E-state index in [0.717, 1.165) is 4.47 Å². The fourth-order valence-electron chi connectivity index (χ4n) is 2.09. The number of carbonyl (C=O) groups is 1. The summed E-state index contributed by atoms with van der Waals surface area (Å²) < 4.78 is 41.0. The molecule has 2 aromatic carbocycles. The Morgan fingerprint density at radius 1 is 1.13 bits per heavy atom. The summed E-state index contributed by atoms with van der Waals surface area (Å²) in [6.45, 7) is 2.95. The Kier molecular flexibility index (Phi) is 5.21. The first-order valence-corrected chi connectivity index (χ1v) is 9.03. The average Bonchev–Trinajstić information content (AvgIpc) is 2.46. The molecule has 0 fully saturated rings. The molecule has 0 heterocycles. The number of aryl methyl sites for hydroxylation is 2. The van der Waals surface area contributed by atoms with Crippen molar-refractivity contribution in [3.05, 3.63) is 63.4 Å². The molecule has 7 heteroatoms. The molecule has 4 nitrogen and oxygen atoms in total. The van der Waals surface area contributed by atoms with Gasteiger partial charge in [-0.05, 0) is 54.8 Å². The standard InChI is InChI=1S/C16H15BrFNO3S/c1-10-7-14(8-11(2)16(10)18)23(21,22)19-15(20)9-12-3-5-13(17)6-4-12/h3-8H,9H2,1-2H3,(H,19,20). The van der Waals surface area contributed by atoms with Gasteiger partial charge in [-0.1, -0.05) is 28.1 Å². The average molecular weight is 400 g/mol. The summed E-state index contributed by atoms with van der Waals surface area (Å²) in [5.74, 6) is -1.10. The zero-order chi connectivity index (χ0) is 17.2. The van der Waals surface area contributed by atoms with Crippen molar-refractivity contribution in [2.24, 2.45) is 0 Å². The highest BCUT2D eigenvalue weighted by Crippen LogP contribution is 2.18. The predicted molar refractivity (Wildman–Crippen MR) is 89.0 cm³/mol. The van der Waals surface area contributed by atoms with Crippen LogP contribution in [0.25, 0.3) is 0 Å². The highest BCUT2D eigenvalue weighted by Gasteiger charge is 2.20. The summed E-state index contributed by atoms with van der Waals surface area (Å²) in [6.07, 6.45) is -0.0638. The molecule has 0 saturated heterocycles. The van der Waals surface area contributed by atoms with E-state index in [1.54, 1.807) is 24.3 Å². The van der Waals surface area contributed by atoms with Crippen molar-refractivity contribution in [3.8, 4) is 0 Å². The molecule has 0 aliphatic rings. The Bertz CT molecular complexity index is 825. The number of amides is 1. The van der Waals surface area contributed by atoms with Gasteiger partial charge in [0.15, 0.2) is 0 Å². The Morgan fingerprint density at radius 3 is 2.17 bits per heavy atom. The Labute approximate surface area is 142 Å². The monoisotopic (exact) mass is 399 g/mol. The van der Waals surface area contributed by atoms with Gasteiger partial charge in [0, 0.05) is 4.47 Å². The molecule has 0 bridgehead atoms. The molecule has 0 saturated carbocycles. The third kappa shape index (κ3) is 4.39. The Balaban J connectivity index is 2.17. The topological polar surface area (TPSA) is 63.2 Å². The van der Waals surface area contributed by atoms with Crippen LogP contribution in [-0.2, 0) is 21.2 Å². The van der Waals surface area contributed by atoms with Gasteiger partial charge >= 0.3 is 0 Å². The first-order chi connectivity index (χ1) is 10.7. The number of hydrogen-bond acceptors (Lipinski definition) is 3. The van der Waals surface area contributed by atoms with E-state index in [2.05, 4.69) is 15.9 Å². The molecule has 23 heavy (non-hydrogen) atoms. The third-order valence-corrected chi connectivity index (χ3v) is 5.13. The molecule has 2 rings (SSSR count). The zero-order valence-electron chi connectivity index (χ0n) is 12.6. The summed E-state index contributed by atoms with van der Waals surface area (Å²) in [5, 5.41) is 0. The quantitative estimate of drug-likeness (QED) is 0.857. The molecule has 122 valence electrons. The Hall–Kier alpha value is -1.73. The number of benzene rings is 2. The molecule has 1 amide bonds. The van der Waals surface area contributed by atoms with E-state index in [0.29, 0.717) is 5.56 Å². The van der Waals surface area contributed by atoms with Gasteiger partial charge in [0.05, 0.1) is 11.3 Å². The number of halogens is 2. The van der Waals surface area contributed by atoms with E-state index in [1.807, 2.05) is 4.72 Å². The van der Waals surface area contributed by atoms with Crippen LogP contribution in [0.3, 0.4) is 0 Å². The highest BCUT2D eigenvalue weighted by atomic mass is 79.9. The fourth-order valence-corrected chi connectivity index (χ4v) is 3.51. The zero-order valence-corrected chi connectivity index (χ0v) is 15.0. The van der Waals surface area contributed by atoms with E-state index in [-0.39, 0.29) is 22.4 Å². The SMILES string of the molecule is Cc1cc(S(=O)(=O)NC(=O)Cc2ccc(Br)cc2)cc(C)c1F. The largest absolute Gasteiger partial charge is 0.274 e. The van der Waals surface area contributed by atoms with E-state index >= 15 is 0 Å². The smallest absolute Gasteiger partial charge is 0.264 e. The van der Waals surface area contributed by atoms with E-state index in [4.69, 9.17) is 0 Å². The van der Waals surface area contributed by atoms with Gasteiger partial charge in [0.25, 0.3) is 10.0 Å². The first kappa shape index (κ1) is 17.6. The lowest BCUT2D eigenvalue weighted by molar-refractivity contribution is -0.118. The van der Waals surface area contributed by atoms with E-state index in [1.165, 1.54) is 26.0 Å². The molecular formula is C16H15BrFNO3S. The lowest BCUT2D eigenvalue weighted by atomic mass is 10.1. The normalized spacial score (nSPS) is 11.3. The highest BCUT2D eigenvalue weighted by molar-refractivity contribution is 9.10. The number of carbonyl (C=O) groups excluding carboxylic acids is 1. The minimum absolute atomic E-state index is 0.0638. The molecule has 0 spiro atoms. The summed E-state index contributed by atoms with van der Waals surface area (Å²) in [5.41, 5.74) is 1.11. The van der Waals surface area contributed by atoms with Crippen LogP contribution in [0, 0.1) is 19.7 Å². The van der Waals surface area contributed by atoms with Gasteiger partial charge in [-0.25, -0.2) is 17.5 Å². The lowest BCUT2D eigenvalue weighted by Gasteiger charge is -2.10. The van der Waals surface area contributed by atoms with Crippen molar-refractivity contribution in [2.45, 2.75) is 25.2 Å². The molecule has 0 radical (unpaired) electrons. The Morgan fingerprint density at radius 2 is 1.65 bits per heavy atom. The fraction of sp³-hybridized carbons (Fsp3) is 0.188. The van der Waals surface area contributed by atoms with Gasteiger partial charge in [-0.3, -0.25) is 4.79 Å². The second-order valence-corrected chi connectivity index (χ2v) is 7.80. The first-order valence-electron chi connectivity index (χ1n) is 6.76.